The van der Waals surface area contributed by atoms with Crippen LogP contribution in [-0.2, 0) is 57.2 Å². The lowest BCUT2D eigenvalue weighted by atomic mass is 9.89. The summed E-state index contributed by atoms with van der Waals surface area (Å²) in [5, 5.41) is 2.56. The topological polar surface area (TPSA) is 170 Å². The number of carbonyl (C=O) groups is 6. The predicted octanol–water partition coefficient (Wildman–Crippen LogP) is -0.0976. The van der Waals surface area contributed by atoms with Crippen molar-refractivity contribution in [1.29, 1.82) is 0 Å². The van der Waals surface area contributed by atoms with Gasteiger partial charge in [0, 0.05) is 41.0 Å². The van der Waals surface area contributed by atoms with Crippen LogP contribution in [0.15, 0.2) is 0 Å². The minimum atomic E-state index is -1.90. The molecule has 0 aliphatic carbocycles. The van der Waals surface area contributed by atoms with Crippen molar-refractivity contribution >= 4 is 51.7 Å². The van der Waals surface area contributed by atoms with E-state index in [1.165, 1.54) is 6.92 Å². The van der Waals surface area contributed by atoms with Gasteiger partial charge in [-0.1, -0.05) is 0 Å². The van der Waals surface area contributed by atoms with Crippen molar-refractivity contribution in [3.8, 4) is 0 Å². The van der Waals surface area contributed by atoms with E-state index < -0.39 is 77.3 Å². The fraction of sp³-hybridized carbons (Fsp3) is 0.700. The zero-order chi connectivity index (χ0) is 26.2. The first kappa shape index (κ1) is 29.3. The molecule has 0 aromatic carbocycles. The standard InChI is InChI=1S/C20H28BrNO12/c1-9(23)22-16-14(31-11(3)25)7-20(21,19(28)29-6)34-18(16)17(33-13(5)27)15(32-12(4)26)8-30-10(2)24/h14-18H,7-8H2,1-6H3,(H,22,23)/t14-,15+,16+,17+,18+,20-/m0/s1. The Morgan fingerprint density at radius 2 is 1.56 bits per heavy atom. The molecule has 13 nitrogen and oxygen atoms in total. The van der Waals surface area contributed by atoms with Gasteiger partial charge in [0.25, 0.3) is 0 Å². The van der Waals surface area contributed by atoms with Gasteiger partial charge in [-0.25, -0.2) is 4.79 Å². The van der Waals surface area contributed by atoms with Gasteiger partial charge < -0.3 is 33.7 Å². The Labute approximate surface area is 204 Å². The third kappa shape index (κ3) is 8.56. The van der Waals surface area contributed by atoms with E-state index >= 15 is 0 Å². The summed E-state index contributed by atoms with van der Waals surface area (Å²) in [6.45, 7) is 5.00. The van der Waals surface area contributed by atoms with Crippen molar-refractivity contribution in [1.82, 2.24) is 5.32 Å². The fourth-order valence-electron chi connectivity index (χ4n) is 3.38. The SMILES string of the molecule is COC(=O)[C@]1(Br)C[C@H](OC(C)=O)[C@@H](NC(C)=O)[C@H]([C@H](OC(C)=O)[C@@H](COC(C)=O)OC(C)=O)O1. The van der Waals surface area contributed by atoms with Crippen LogP contribution in [0.3, 0.4) is 0 Å². The first-order valence-electron chi connectivity index (χ1n) is 10.1. The number of ether oxygens (including phenoxy) is 6. The molecule has 34 heavy (non-hydrogen) atoms. The molecule has 1 fully saturated rings. The lowest BCUT2D eigenvalue weighted by Crippen LogP contribution is -2.67. The number of methoxy groups -OCH3 is 1. The zero-order valence-electron chi connectivity index (χ0n) is 19.6. The van der Waals surface area contributed by atoms with Gasteiger partial charge in [-0.2, -0.15) is 0 Å². The number of carbonyl (C=O) groups excluding carboxylic acids is 6. The summed E-state index contributed by atoms with van der Waals surface area (Å²) in [6, 6.07) is -1.18. The number of hydrogen-bond acceptors (Lipinski definition) is 12. The Balaban J connectivity index is 3.64. The Hall–Kier alpha value is -2.74. The molecule has 1 saturated heterocycles. The number of hydrogen-bond donors (Lipinski definition) is 1. The van der Waals surface area contributed by atoms with Crippen LogP contribution in [0.1, 0.15) is 41.0 Å². The van der Waals surface area contributed by atoms with E-state index in [9.17, 15) is 28.8 Å². The molecule has 0 radical (unpaired) electrons. The Bertz CT molecular complexity index is 817. The van der Waals surface area contributed by atoms with E-state index in [2.05, 4.69) is 21.2 Å². The molecule has 0 spiro atoms. The highest BCUT2D eigenvalue weighted by molar-refractivity contribution is 9.10. The molecule has 1 aliphatic rings. The van der Waals surface area contributed by atoms with Crippen molar-refractivity contribution in [2.45, 2.75) is 76.0 Å². The maximum atomic E-state index is 12.5. The van der Waals surface area contributed by atoms with Crippen LogP contribution in [0.5, 0.6) is 0 Å². The lowest BCUT2D eigenvalue weighted by Gasteiger charge is -2.47. The van der Waals surface area contributed by atoms with Crippen LogP contribution in [0.2, 0.25) is 0 Å². The van der Waals surface area contributed by atoms with E-state index in [0.717, 1.165) is 34.8 Å². The molecule has 0 aromatic heterocycles. The van der Waals surface area contributed by atoms with E-state index in [4.69, 9.17) is 28.4 Å². The minimum absolute atomic E-state index is 0.296. The van der Waals surface area contributed by atoms with Gasteiger partial charge in [-0.15, -0.1) is 0 Å². The van der Waals surface area contributed by atoms with Gasteiger partial charge in [0.15, 0.2) is 12.2 Å². The Morgan fingerprint density at radius 1 is 0.971 bits per heavy atom. The summed E-state index contributed by atoms with van der Waals surface area (Å²) in [5.74, 6) is -4.59. The van der Waals surface area contributed by atoms with Crippen molar-refractivity contribution in [3.63, 3.8) is 0 Å². The number of rotatable bonds is 9. The Morgan fingerprint density at radius 3 is 2.00 bits per heavy atom. The van der Waals surface area contributed by atoms with Crippen molar-refractivity contribution in [2.24, 2.45) is 0 Å². The molecule has 14 heteroatoms. The zero-order valence-corrected chi connectivity index (χ0v) is 21.2. The largest absolute Gasteiger partial charge is 0.466 e. The normalized spacial score (nSPS) is 25.7. The van der Waals surface area contributed by atoms with Crippen LogP contribution in [0, 0.1) is 0 Å². The van der Waals surface area contributed by atoms with Crippen molar-refractivity contribution in [3.05, 3.63) is 0 Å². The third-order valence-corrected chi connectivity index (χ3v) is 5.31. The highest BCUT2D eigenvalue weighted by Crippen LogP contribution is 2.39. The summed E-state index contributed by atoms with van der Waals surface area (Å²) in [7, 11) is 1.09. The van der Waals surface area contributed by atoms with Gasteiger partial charge in [0.05, 0.1) is 13.2 Å². The molecule has 1 rings (SSSR count). The molecule has 6 atom stereocenters. The highest BCUT2D eigenvalue weighted by atomic mass is 79.9. The van der Waals surface area contributed by atoms with Crippen LogP contribution in [0.25, 0.3) is 0 Å². The maximum Gasteiger partial charge on any atom is 0.349 e. The first-order valence-corrected chi connectivity index (χ1v) is 10.9. The summed E-state index contributed by atoms with van der Waals surface area (Å²) in [6.07, 6.45) is -5.88. The molecule has 192 valence electrons. The quantitative estimate of drug-likeness (QED) is 0.229. The first-order chi connectivity index (χ1) is 15.7. The van der Waals surface area contributed by atoms with E-state index in [0.29, 0.717) is 0 Å². The molecule has 0 saturated carbocycles. The second kappa shape index (κ2) is 12.6. The monoisotopic (exact) mass is 553 g/mol. The van der Waals surface area contributed by atoms with Gasteiger partial charge in [0.2, 0.25) is 10.4 Å². The van der Waals surface area contributed by atoms with Gasteiger partial charge in [-0.3, -0.25) is 24.0 Å². The molecule has 1 heterocycles. The van der Waals surface area contributed by atoms with Gasteiger partial charge in [-0.05, 0) is 15.9 Å². The van der Waals surface area contributed by atoms with Crippen molar-refractivity contribution in [2.75, 3.05) is 13.7 Å². The summed E-state index contributed by atoms with van der Waals surface area (Å²) in [4.78, 5) is 71.4. The smallest absolute Gasteiger partial charge is 0.349 e. The molecule has 1 aliphatic heterocycles. The van der Waals surface area contributed by atoms with E-state index in [1.807, 2.05) is 0 Å². The molecule has 0 bridgehead atoms. The number of amides is 1. The fourth-order valence-corrected chi connectivity index (χ4v) is 4.08. The minimum Gasteiger partial charge on any atom is -0.466 e. The summed E-state index contributed by atoms with van der Waals surface area (Å²) >= 11 is 3.15. The second-order valence-electron chi connectivity index (χ2n) is 7.41. The third-order valence-electron chi connectivity index (χ3n) is 4.48. The maximum absolute atomic E-state index is 12.5. The summed E-state index contributed by atoms with van der Waals surface area (Å²) in [5.41, 5.74) is 0. The van der Waals surface area contributed by atoms with Gasteiger partial charge in [0.1, 0.15) is 18.8 Å². The van der Waals surface area contributed by atoms with Crippen LogP contribution >= 0.6 is 15.9 Å². The van der Waals surface area contributed by atoms with Crippen molar-refractivity contribution < 1.29 is 57.2 Å². The number of alkyl halides is 1. The van der Waals surface area contributed by atoms with Crippen LogP contribution in [0.4, 0.5) is 0 Å². The van der Waals surface area contributed by atoms with Gasteiger partial charge >= 0.3 is 29.8 Å². The number of esters is 5. The molecule has 1 amide bonds. The number of halogens is 1. The average molecular weight is 554 g/mol. The molecular weight excluding hydrogens is 526 g/mol. The van der Waals surface area contributed by atoms with E-state index in [1.54, 1.807) is 0 Å². The molecule has 0 aromatic rings. The molecular formula is C20H28BrNO12. The number of nitrogens with one attached hydrogen (secondary N) is 1. The molecule has 1 N–H and O–H groups in total. The Kier molecular flexibility index (Phi) is 10.9. The van der Waals surface area contributed by atoms with E-state index in [-0.39, 0.29) is 6.42 Å². The molecule has 0 unspecified atom stereocenters. The van der Waals surface area contributed by atoms with Crippen LogP contribution in [-0.4, -0.2) is 84.4 Å². The summed E-state index contributed by atoms with van der Waals surface area (Å²) < 4.78 is 29.6. The predicted molar refractivity (Wildman–Crippen MR) is 114 cm³/mol. The second-order valence-corrected chi connectivity index (χ2v) is 8.69. The van der Waals surface area contributed by atoms with Crippen LogP contribution < -0.4 is 5.32 Å². The highest BCUT2D eigenvalue weighted by Gasteiger charge is 2.57. The average Bonchev–Trinajstić information content (AvgIpc) is 2.69. The lowest BCUT2D eigenvalue weighted by molar-refractivity contribution is -0.222.